The summed E-state index contributed by atoms with van der Waals surface area (Å²) in [5, 5.41) is 2.46. The largest absolute Gasteiger partial charge is 0.256 e. The van der Waals surface area contributed by atoms with E-state index in [1.54, 1.807) is 11.3 Å². The zero-order chi connectivity index (χ0) is 20.0. The van der Waals surface area contributed by atoms with E-state index < -0.39 is 0 Å². The number of hydrogen-bond donors (Lipinski definition) is 0. The zero-order valence-electron chi connectivity index (χ0n) is 16.3. The van der Waals surface area contributed by atoms with Crippen LogP contribution in [0, 0.1) is 5.82 Å². The first-order valence-corrected chi connectivity index (χ1v) is 10.6. The van der Waals surface area contributed by atoms with Crippen LogP contribution in [0.5, 0.6) is 0 Å². The molecule has 2 aromatic heterocycles. The van der Waals surface area contributed by atoms with Crippen molar-refractivity contribution in [2.24, 2.45) is 0 Å². The van der Waals surface area contributed by atoms with Crippen molar-refractivity contribution in [2.75, 3.05) is 0 Å². The van der Waals surface area contributed by atoms with Gasteiger partial charge in [-0.05, 0) is 59.0 Å². The molecule has 3 heteroatoms. The molecule has 0 radical (unpaired) electrons. The fourth-order valence-corrected chi connectivity index (χ4v) is 4.99. The number of pyridine rings is 1. The summed E-state index contributed by atoms with van der Waals surface area (Å²) in [5.74, 6) is 0.264. The van der Waals surface area contributed by atoms with Gasteiger partial charge in [0.05, 0.1) is 5.69 Å². The van der Waals surface area contributed by atoms with Crippen LogP contribution >= 0.6 is 11.3 Å². The van der Waals surface area contributed by atoms with Gasteiger partial charge in [-0.2, -0.15) is 0 Å². The smallest absolute Gasteiger partial charge is 0.123 e. The van der Waals surface area contributed by atoms with Crippen molar-refractivity contribution in [1.82, 2.24) is 4.98 Å². The molecular formula is C26H20FNS. The molecule has 0 saturated carbocycles. The van der Waals surface area contributed by atoms with Crippen molar-refractivity contribution >= 4 is 31.5 Å². The minimum Gasteiger partial charge on any atom is -0.256 e. The second-order valence-corrected chi connectivity index (χ2v) is 8.71. The highest BCUT2D eigenvalue weighted by Gasteiger charge is 2.12. The van der Waals surface area contributed by atoms with Gasteiger partial charge in [-0.1, -0.05) is 50.2 Å². The van der Waals surface area contributed by atoms with E-state index in [0.29, 0.717) is 5.92 Å². The summed E-state index contributed by atoms with van der Waals surface area (Å²) in [6.45, 7) is 4.40. The van der Waals surface area contributed by atoms with Gasteiger partial charge in [-0.15, -0.1) is 11.3 Å². The second-order valence-electron chi connectivity index (χ2n) is 7.63. The molecule has 1 nitrogen and oxygen atoms in total. The molecule has 0 N–H and O–H groups in total. The summed E-state index contributed by atoms with van der Waals surface area (Å²) in [4.78, 5) is 4.60. The molecule has 5 aromatic rings. The van der Waals surface area contributed by atoms with Gasteiger partial charge in [0.1, 0.15) is 5.82 Å². The predicted octanol–water partition coefficient (Wildman–Crippen LogP) is 8.05. The van der Waals surface area contributed by atoms with Crippen LogP contribution in [0.4, 0.5) is 4.39 Å². The lowest BCUT2D eigenvalue weighted by Crippen LogP contribution is -1.90. The first kappa shape index (κ1) is 18.0. The number of aromatic nitrogens is 1. The van der Waals surface area contributed by atoms with Gasteiger partial charge in [0.15, 0.2) is 0 Å². The number of thiophene rings is 1. The Morgan fingerprint density at radius 2 is 1.62 bits per heavy atom. The molecule has 0 fully saturated rings. The third-order valence-corrected chi connectivity index (χ3v) is 6.52. The lowest BCUT2D eigenvalue weighted by Gasteiger charge is -2.08. The molecule has 0 unspecified atom stereocenters. The van der Waals surface area contributed by atoms with Gasteiger partial charge >= 0.3 is 0 Å². The van der Waals surface area contributed by atoms with Crippen LogP contribution in [0.1, 0.15) is 25.3 Å². The maximum absolute atomic E-state index is 13.4. The molecule has 29 heavy (non-hydrogen) atoms. The Bertz CT molecular complexity index is 1330. The summed E-state index contributed by atoms with van der Waals surface area (Å²) < 4.78 is 15.9. The molecule has 0 aliphatic rings. The highest BCUT2D eigenvalue weighted by atomic mass is 32.1. The minimum absolute atomic E-state index is 0.211. The van der Waals surface area contributed by atoms with Crippen molar-refractivity contribution in [2.45, 2.75) is 19.8 Å². The van der Waals surface area contributed by atoms with Gasteiger partial charge < -0.3 is 0 Å². The average molecular weight is 398 g/mol. The van der Waals surface area contributed by atoms with Crippen molar-refractivity contribution < 1.29 is 4.39 Å². The van der Waals surface area contributed by atoms with Crippen LogP contribution in [-0.4, -0.2) is 4.98 Å². The minimum atomic E-state index is -0.211. The Balaban J connectivity index is 1.69. The monoisotopic (exact) mass is 397 g/mol. The number of nitrogens with zero attached hydrogens (tertiary/aromatic N) is 1. The van der Waals surface area contributed by atoms with E-state index in [4.69, 9.17) is 0 Å². The highest BCUT2D eigenvalue weighted by Crippen LogP contribution is 2.41. The summed E-state index contributed by atoms with van der Waals surface area (Å²) in [7, 11) is 0. The van der Waals surface area contributed by atoms with Gasteiger partial charge in [0.25, 0.3) is 0 Å². The Morgan fingerprint density at radius 1 is 0.828 bits per heavy atom. The Hall–Kier alpha value is -3.04. The third kappa shape index (κ3) is 3.22. The number of hydrogen-bond acceptors (Lipinski definition) is 2. The zero-order valence-corrected chi connectivity index (χ0v) is 17.1. The van der Waals surface area contributed by atoms with Crippen LogP contribution in [0.2, 0.25) is 0 Å². The van der Waals surface area contributed by atoms with Crippen molar-refractivity contribution in [3.05, 3.63) is 90.4 Å². The molecule has 5 rings (SSSR count). The van der Waals surface area contributed by atoms with Crippen LogP contribution in [0.15, 0.2) is 79.0 Å². The number of benzene rings is 3. The number of halogens is 1. The molecule has 0 spiro atoms. The van der Waals surface area contributed by atoms with Crippen LogP contribution < -0.4 is 0 Å². The molecular weight excluding hydrogens is 377 g/mol. The topological polar surface area (TPSA) is 12.9 Å². The molecule has 3 aromatic carbocycles. The lowest BCUT2D eigenvalue weighted by atomic mass is 9.98. The summed E-state index contributed by atoms with van der Waals surface area (Å²) in [6.07, 6.45) is 1.90. The average Bonchev–Trinajstić information content (AvgIpc) is 3.12. The predicted molar refractivity (Wildman–Crippen MR) is 122 cm³/mol. The maximum Gasteiger partial charge on any atom is 0.123 e. The first-order valence-electron chi connectivity index (χ1n) is 9.78. The lowest BCUT2D eigenvalue weighted by molar-refractivity contribution is 0.628. The molecule has 0 aliphatic carbocycles. The standard InChI is InChI=1S/C26H20FNS/c1-16(2)18-12-13-28-23(14-18)19-8-11-22-25(15-19)29-24-5-3-4-21(26(22)24)17-6-9-20(27)10-7-17/h3-16H,1-2H3. The van der Waals surface area contributed by atoms with Crippen molar-refractivity contribution in [3.63, 3.8) is 0 Å². The highest BCUT2D eigenvalue weighted by molar-refractivity contribution is 7.26. The van der Waals surface area contributed by atoms with E-state index >= 15 is 0 Å². The fourth-order valence-electron chi connectivity index (χ4n) is 3.82. The second kappa shape index (κ2) is 7.09. The molecule has 0 saturated heterocycles. The normalized spacial score (nSPS) is 11.6. The van der Waals surface area contributed by atoms with Gasteiger partial charge in [-0.3, -0.25) is 4.98 Å². The molecule has 2 heterocycles. The maximum atomic E-state index is 13.4. The Morgan fingerprint density at radius 3 is 2.41 bits per heavy atom. The Labute approximate surface area is 173 Å². The van der Waals surface area contributed by atoms with E-state index in [2.05, 4.69) is 67.4 Å². The van der Waals surface area contributed by atoms with Crippen molar-refractivity contribution in [3.8, 4) is 22.4 Å². The van der Waals surface area contributed by atoms with Crippen LogP contribution in [-0.2, 0) is 0 Å². The van der Waals surface area contributed by atoms with E-state index in [-0.39, 0.29) is 5.82 Å². The first-order chi connectivity index (χ1) is 14.1. The Kier molecular flexibility index (Phi) is 4.40. The SMILES string of the molecule is CC(C)c1ccnc(-c2ccc3c(c2)sc2cccc(-c4ccc(F)cc4)c23)c1. The summed E-state index contributed by atoms with van der Waals surface area (Å²) >= 11 is 1.79. The number of fused-ring (bicyclic) bond motifs is 3. The van der Waals surface area contributed by atoms with Crippen LogP contribution in [0.25, 0.3) is 42.6 Å². The number of rotatable bonds is 3. The fraction of sp³-hybridized carbons (Fsp3) is 0.115. The molecule has 0 aliphatic heterocycles. The van der Waals surface area contributed by atoms with E-state index in [1.165, 1.54) is 37.9 Å². The molecule has 0 atom stereocenters. The van der Waals surface area contributed by atoms with Crippen molar-refractivity contribution in [1.29, 1.82) is 0 Å². The van der Waals surface area contributed by atoms with Gasteiger partial charge in [0.2, 0.25) is 0 Å². The van der Waals surface area contributed by atoms with E-state index in [9.17, 15) is 4.39 Å². The third-order valence-electron chi connectivity index (χ3n) is 5.40. The van der Waals surface area contributed by atoms with Crippen LogP contribution in [0.3, 0.4) is 0 Å². The van der Waals surface area contributed by atoms with E-state index in [0.717, 1.165) is 22.4 Å². The van der Waals surface area contributed by atoms with Gasteiger partial charge in [-0.25, -0.2) is 4.39 Å². The van der Waals surface area contributed by atoms with Gasteiger partial charge in [0, 0.05) is 31.9 Å². The van der Waals surface area contributed by atoms with E-state index in [1.807, 2.05) is 18.3 Å². The molecule has 0 amide bonds. The molecule has 0 bridgehead atoms. The summed E-state index contributed by atoms with van der Waals surface area (Å²) in [6, 6.07) is 23.9. The summed E-state index contributed by atoms with van der Waals surface area (Å²) in [5.41, 5.74) is 5.61. The quantitative estimate of drug-likeness (QED) is 0.300. The molecule has 142 valence electrons.